The zero-order valence-corrected chi connectivity index (χ0v) is 12.5. The van der Waals surface area contributed by atoms with Gasteiger partial charge in [0.2, 0.25) is 0 Å². The fraction of sp³-hybridized carbons (Fsp3) is 0.538. The van der Waals surface area contributed by atoms with Crippen molar-refractivity contribution in [3.8, 4) is 0 Å². The first kappa shape index (κ1) is 15.7. The van der Waals surface area contributed by atoms with E-state index in [9.17, 15) is 0 Å². The van der Waals surface area contributed by atoms with Crippen LogP contribution in [-0.2, 0) is 19.6 Å². The average Bonchev–Trinajstić information content (AvgIpc) is 2.97. The average molecular weight is 284 g/mol. The lowest BCUT2D eigenvalue weighted by molar-refractivity contribution is 0.520. The van der Waals surface area contributed by atoms with Gasteiger partial charge in [-0.05, 0) is 32.9 Å². The summed E-state index contributed by atoms with van der Waals surface area (Å²) in [6.07, 6.45) is 4.03. The first-order chi connectivity index (χ1) is 8.69. The molecule has 2 heterocycles. The molecular formula is C13H22ClN5. The third-order valence-corrected chi connectivity index (χ3v) is 2.82. The number of halogens is 1. The van der Waals surface area contributed by atoms with Crippen molar-refractivity contribution in [1.29, 1.82) is 0 Å². The maximum Gasteiger partial charge on any atom is 0.0762 e. The van der Waals surface area contributed by atoms with Crippen LogP contribution in [0.4, 0.5) is 0 Å². The van der Waals surface area contributed by atoms with Crippen LogP contribution in [0.2, 0.25) is 0 Å². The number of nitrogens with one attached hydrogen (secondary N) is 1. The molecule has 19 heavy (non-hydrogen) atoms. The molecule has 106 valence electrons. The Hall–Kier alpha value is -1.33. The maximum absolute atomic E-state index is 4.49. The molecule has 2 aromatic rings. The summed E-state index contributed by atoms with van der Waals surface area (Å²) in [5, 5.41) is 12.3. The molecule has 0 aliphatic carbocycles. The van der Waals surface area contributed by atoms with Gasteiger partial charge in [-0.15, -0.1) is 12.4 Å². The number of rotatable bonds is 6. The summed E-state index contributed by atoms with van der Waals surface area (Å²) >= 11 is 0. The number of nitrogens with zero attached hydrogens (tertiary/aromatic N) is 4. The van der Waals surface area contributed by atoms with Crippen molar-refractivity contribution in [2.45, 2.75) is 46.4 Å². The Morgan fingerprint density at radius 3 is 2.26 bits per heavy atom. The van der Waals surface area contributed by atoms with Gasteiger partial charge in [0.15, 0.2) is 0 Å². The summed E-state index contributed by atoms with van der Waals surface area (Å²) in [6, 6.07) is 4.51. The number of hydrogen-bond donors (Lipinski definition) is 1. The fourth-order valence-corrected chi connectivity index (χ4v) is 1.75. The molecule has 0 spiro atoms. The second kappa shape index (κ2) is 7.31. The van der Waals surface area contributed by atoms with Crippen molar-refractivity contribution in [3.63, 3.8) is 0 Å². The van der Waals surface area contributed by atoms with E-state index in [0.717, 1.165) is 31.0 Å². The summed E-state index contributed by atoms with van der Waals surface area (Å²) in [6.45, 7) is 8.81. The van der Waals surface area contributed by atoms with Gasteiger partial charge in [0, 0.05) is 38.1 Å². The highest BCUT2D eigenvalue weighted by molar-refractivity contribution is 5.85. The summed E-state index contributed by atoms with van der Waals surface area (Å²) in [7, 11) is 0. The molecule has 0 aromatic carbocycles. The first-order valence-electron chi connectivity index (χ1n) is 6.46. The molecule has 2 aromatic heterocycles. The third kappa shape index (κ3) is 4.36. The largest absolute Gasteiger partial charge is 0.305 e. The zero-order valence-electron chi connectivity index (χ0n) is 11.7. The van der Waals surface area contributed by atoms with Gasteiger partial charge in [0.25, 0.3) is 0 Å². The fourth-order valence-electron chi connectivity index (χ4n) is 1.75. The summed E-state index contributed by atoms with van der Waals surface area (Å²) in [5.41, 5.74) is 2.14. The van der Waals surface area contributed by atoms with Crippen LogP contribution in [0.1, 0.15) is 38.2 Å². The maximum atomic E-state index is 4.49. The quantitative estimate of drug-likeness (QED) is 0.885. The second-order valence-corrected chi connectivity index (χ2v) is 4.65. The lowest BCUT2D eigenvalue weighted by Crippen LogP contribution is -2.14. The Kier molecular flexibility index (Phi) is 6.05. The minimum absolute atomic E-state index is 0. The van der Waals surface area contributed by atoms with Gasteiger partial charge in [-0.1, -0.05) is 0 Å². The molecule has 0 saturated heterocycles. The minimum atomic E-state index is 0. The van der Waals surface area contributed by atoms with E-state index in [1.54, 1.807) is 0 Å². The molecule has 0 fully saturated rings. The molecule has 0 saturated carbocycles. The Morgan fingerprint density at radius 1 is 1.11 bits per heavy atom. The molecule has 5 nitrogen and oxygen atoms in total. The van der Waals surface area contributed by atoms with Crippen LogP contribution in [0.25, 0.3) is 0 Å². The summed E-state index contributed by atoms with van der Waals surface area (Å²) in [4.78, 5) is 0. The minimum Gasteiger partial charge on any atom is -0.305 e. The van der Waals surface area contributed by atoms with Crippen molar-refractivity contribution in [2.75, 3.05) is 0 Å². The molecule has 6 heteroatoms. The van der Waals surface area contributed by atoms with Gasteiger partial charge in [-0.2, -0.15) is 10.2 Å². The van der Waals surface area contributed by atoms with Crippen LogP contribution in [-0.4, -0.2) is 19.6 Å². The van der Waals surface area contributed by atoms with Crippen LogP contribution >= 0.6 is 12.4 Å². The highest BCUT2D eigenvalue weighted by Crippen LogP contribution is 2.04. The molecule has 0 bridgehead atoms. The Labute approximate surface area is 120 Å². The zero-order chi connectivity index (χ0) is 13.0. The molecule has 0 amide bonds. The van der Waals surface area contributed by atoms with Crippen LogP contribution in [0.15, 0.2) is 24.5 Å². The molecule has 0 atom stereocenters. The van der Waals surface area contributed by atoms with Gasteiger partial charge in [-0.25, -0.2) is 0 Å². The third-order valence-electron chi connectivity index (χ3n) is 2.82. The molecule has 1 N–H and O–H groups in total. The summed E-state index contributed by atoms with van der Waals surface area (Å²) in [5.74, 6) is 0. The van der Waals surface area contributed by atoms with E-state index in [1.165, 1.54) is 0 Å². The second-order valence-electron chi connectivity index (χ2n) is 4.65. The highest BCUT2D eigenvalue weighted by Gasteiger charge is 2.02. The standard InChI is InChI=1S/C13H21N5.ClH/c1-4-17-7-5-12(15-17)9-14-10-13-6-8-18(16-13)11(2)3;/h5-8,11,14H,4,9-10H2,1-3H3;1H. The smallest absolute Gasteiger partial charge is 0.0762 e. The molecule has 0 radical (unpaired) electrons. The lowest BCUT2D eigenvalue weighted by atomic mass is 10.4. The van der Waals surface area contributed by atoms with E-state index >= 15 is 0 Å². The van der Waals surface area contributed by atoms with Crippen LogP contribution in [0.3, 0.4) is 0 Å². The monoisotopic (exact) mass is 283 g/mol. The van der Waals surface area contributed by atoms with Gasteiger partial charge < -0.3 is 5.32 Å². The number of aryl methyl sites for hydroxylation is 1. The van der Waals surface area contributed by atoms with E-state index in [2.05, 4.69) is 42.4 Å². The van der Waals surface area contributed by atoms with Gasteiger partial charge in [0.1, 0.15) is 0 Å². The number of aromatic nitrogens is 4. The van der Waals surface area contributed by atoms with E-state index in [-0.39, 0.29) is 12.4 Å². The van der Waals surface area contributed by atoms with Crippen molar-refractivity contribution >= 4 is 12.4 Å². The van der Waals surface area contributed by atoms with E-state index in [4.69, 9.17) is 0 Å². The van der Waals surface area contributed by atoms with Crippen molar-refractivity contribution in [2.24, 2.45) is 0 Å². The Morgan fingerprint density at radius 2 is 1.74 bits per heavy atom. The highest BCUT2D eigenvalue weighted by atomic mass is 35.5. The van der Waals surface area contributed by atoms with Crippen LogP contribution < -0.4 is 5.32 Å². The Bertz CT molecular complexity index is 489. The van der Waals surface area contributed by atoms with Crippen molar-refractivity contribution < 1.29 is 0 Å². The van der Waals surface area contributed by atoms with E-state index in [1.807, 2.05) is 27.8 Å². The molecule has 2 rings (SSSR count). The molecule has 0 aliphatic heterocycles. The number of hydrogen-bond acceptors (Lipinski definition) is 3. The normalized spacial score (nSPS) is 10.7. The van der Waals surface area contributed by atoms with Crippen molar-refractivity contribution in [3.05, 3.63) is 35.9 Å². The lowest BCUT2D eigenvalue weighted by Gasteiger charge is -2.04. The van der Waals surface area contributed by atoms with E-state index < -0.39 is 0 Å². The molecule has 0 aliphatic rings. The molecule has 0 unspecified atom stereocenters. The van der Waals surface area contributed by atoms with Gasteiger partial charge in [0.05, 0.1) is 11.4 Å². The van der Waals surface area contributed by atoms with Crippen LogP contribution in [0, 0.1) is 0 Å². The molecular weight excluding hydrogens is 262 g/mol. The van der Waals surface area contributed by atoms with Gasteiger partial charge >= 0.3 is 0 Å². The predicted molar refractivity (Wildman–Crippen MR) is 78.3 cm³/mol. The SMILES string of the molecule is CCn1ccc(CNCc2ccn(C(C)C)n2)n1.Cl. The summed E-state index contributed by atoms with van der Waals surface area (Å²) < 4.78 is 3.91. The Balaban J connectivity index is 0.00000180. The first-order valence-corrected chi connectivity index (χ1v) is 6.46. The van der Waals surface area contributed by atoms with Crippen molar-refractivity contribution in [1.82, 2.24) is 24.9 Å². The predicted octanol–water partition coefficient (Wildman–Crippen LogP) is 2.39. The topological polar surface area (TPSA) is 47.7 Å². The van der Waals surface area contributed by atoms with Crippen LogP contribution in [0.5, 0.6) is 0 Å². The van der Waals surface area contributed by atoms with E-state index in [0.29, 0.717) is 6.04 Å². The van der Waals surface area contributed by atoms with Gasteiger partial charge in [-0.3, -0.25) is 9.36 Å².